The zero-order valence-electron chi connectivity index (χ0n) is 18.9. The van der Waals surface area contributed by atoms with Crippen LogP contribution in [0.1, 0.15) is 74.0 Å². The molecule has 0 saturated heterocycles. The van der Waals surface area contributed by atoms with E-state index < -0.39 is 0 Å². The van der Waals surface area contributed by atoms with Crippen LogP contribution in [0.5, 0.6) is 0 Å². The topological polar surface area (TPSA) is 67.4 Å². The molecule has 5 rings (SSSR count). The van der Waals surface area contributed by atoms with Gasteiger partial charge < -0.3 is 10.1 Å². The van der Waals surface area contributed by atoms with Gasteiger partial charge in [-0.2, -0.15) is 0 Å². The van der Waals surface area contributed by atoms with Gasteiger partial charge >= 0.3 is 0 Å². The maximum Gasteiger partial charge on any atom is 0.157 e. The Morgan fingerprint density at radius 2 is 1.94 bits per heavy atom. The number of ketones is 1. The van der Waals surface area contributed by atoms with Crippen LogP contribution in [0.4, 0.5) is 11.5 Å². The van der Waals surface area contributed by atoms with E-state index >= 15 is 0 Å². The molecule has 3 heterocycles. The lowest BCUT2D eigenvalue weighted by molar-refractivity contribution is -0.118. The number of carbonyl (C=O) groups excluding carboxylic acids is 1. The first-order valence-corrected chi connectivity index (χ1v) is 11.9. The van der Waals surface area contributed by atoms with Gasteiger partial charge in [-0.1, -0.05) is 37.5 Å². The fraction of sp³-hybridized carbons (Fsp3) is 0.500. The number of carbonyl (C=O) groups is 1. The highest BCUT2D eigenvalue weighted by Gasteiger charge is 2.27. The lowest BCUT2D eigenvalue weighted by atomic mass is 9.84. The second-order valence-corrected chi connectivity index (χ2v) is 9.30. The molecule has 1 saturated carbocycles. The van der Waals surface area contributed by atoms with E-state index in [1.54, 1.807) is 6.92 Å². The van der Waals surface area contributed by atoms with Crippen molar-refractivity contribution < 1.29 is 9.53 Å². The highest BCUT2D eigenvalue weighted by molar-refractivity contribution is 5.77. The molecule has 3 aliphatic rings. The molecule has 6 nitrogen and oxygen atoms in total. The van der Waals surface area contributed by atoms with Crippen LogP contribution in [0.3, 0.4) is 0 Å². The summed E-state index contributed by atoms with van der Waals surface area (Å²) in [5.41, 5.74) is 5.75. The molecule has 1 aromatic heterocycles. The first-order chi connectivity index (χ1) is 15.7. The average Bonchev–Trinajstić information content (AvgIpc) is 3.23. The quantitative estimate of drug-likeness (QED) is 0.695. The number of nitrogens with one attached hydrogen (secondary N) is 1. The predicted octanol–water partition coefficient (Wildman–Crippen LogP) is 4.98. The van der Waals surface area contributed by atoms with E-state index in [1.165, 1.54) is 37.7 Å². The SMILES string of the molecule is CC(=O)CN1Cc2nc(C3=CCOCC3)nc(Nc3ccc(C4CCCCC4)cc3)c2C1. The standard InChI is InChI=1S/C26H32N4O2/c1-18(31)15-30-16-23-24(17-30)28-25(21-11-13-32-14-12-21)29-26(23)27-22-9-7-20(8-10-22)19-5-3-2-4-6-19/h7-11,19H,2-6,12-17H2,1H3,(H,27,28,29). The first-order valence-electron chi connectivity index (χ1n) is 11.9. The number of benzene rings is 1. The van der Waals surface area contributed by atoms with E-state index in [1.807, 2.05) is 0 Å². The molecule has 1 aromatic carbocycles. The molecule has 0 amide bonds. The summed E-state index contributed by atoms with van der Waals surface area (Å²) >= 11 is 0. The molecule has 32 heavy (non-hydrogen) atoms. The molecule has 1 fully saturated rings. The molecule has 0 atom stereocenters. The van der Waals surface area contributed by atoms with E-state index in [9.17, 15) is 4.79 Å². The first kappa shape index (κ1) is 21.3. The Morgan fingerprint density at radius 3 is 2.66 bits per heavy atom. The van der Waals surface area contributed by atoms with Crippen LogP contribution in [-0.2, 0) is 22.6 Å². The van der Waals surface area contributed by atoms with Crippen molar-refractivity contribution in [1.82, 2.24) is 14.9 Å². The Balaban J connectivity index is 1.41. The fourth-order valence-electron chi connectivity index (χ4n) is 5.13. The number of hydrogen-bond acceptors (Lipinski definition) is 6. The molecule has 2 aliphatic heterocycles. The normalized spacial score (nSPS) is 19.5. The van der Waals surface area contributed by atoms with Crippen molar-refractivity contribution in [2.75, 3.05) is 25.1 Å². The number of Topliss-reactive ketones (excluding diaryl/α,β-unsaturated/α-hetero) is 1. The van der Waals surface area contributed by atoms with Crippen molar-refractivity contribution in [3.8, 4) is 0 Å². The number of ether oxygens (including phenoxy) is 1. The van der Waals surface area contributed by atoms with Gasteiger partial charge in [-0.15, -0.1) is 0 Å². The summed E-state index contributed by atoms with van der Waals surface area (Å²) in [5, 5.41) is 3.57. The van der Waals surface area contributed by atoms with Crippen LogP contribution in [0.25, 0.3) is 5.57 Å². The Labute approximate surface area is 190 Å². The Morgan fingerprint density at radius 1 is 1.12 bits per heavy atom. The van der Waals surface area contributed by atoms with E-state index in [2.05, 4.69) is 40.6 Å². The molecule has 0 bridgehead atoms. The van der Waals surface area contributed by atoms with Crippen LogP contribution in [0.15, 0.2) is 30.3 Å². The summed E-state index contributed by atoms with van der Waals surface area (Å²) in [5.74, 6) is 2.51. The maximum absolute atomic E-state index is 11.7. The lowest BCUT2D eigenvalue weighted by Crippen LogP contribution is -2.22. The van der Waals surface area contributed by atoms with Gasteiger partial charge in [0.2, 0.25) is 0 Å². The Bertz CT molecular complexity index is 1010. The van der Waals surface area contributed by atoms with E-state index in [-0.39, 0.29) is 5.78 Å². The summed E-state index contributed by atoms with van der Waals surface area (Å²) in [6.45, 7) is 4.77. The second kappa shape index (κ2) is 9.51. The summed E-state index contributed by atoms with van der Waals surface area (Å²) in [4.78, 5) is 23.6. The highest BCUT2D eigenvalue weighted by Crippen LogP contribution is 2.34. The third kappa shape index (κ3) is 4.76. The molecule has 2 aromatic rings. The number of fused-ring (bicyclic) bond motifs is 1. The van der Waals surface area contributed by atoms with E-state index in [0.717, 1.165) is 40.6 Å². The van der Waals surface area contributed by atoms with Gasteiger partial charge in [-0.05, 0) is 55.4 Å². The number of aromatic nitrogens is 2. The van der Waals surface area contributed by atoms with Gasteiger partial charge in [0.15, 0.2) is 5.82 Å². The molecule has 0 unspecified atom stereocenters. The molecule has 1 aliphatic carbocycles. The summed E-state index contributed by atoms with van der Waals surface area (Å²) in [7, 11) is 0. The molecule has 0 spiro atoms. The monoisotopic (exact) mass is 432 g/mol. The second-order valence-electron chi connectivity index (χ2n) is 9.30. The smallest absolute Gasteiger partial charge is 0.157 e. The van der Waals surface area contributed by atoms with Crippen molar-refractivity contribution in [3.05, 3.63) is 53.0 Å². The molecular formula is C26H32N4O2. The zero-order chi connectivity index (χ0) is 21.9. The van der Waals surface area contributed by atoms with Crippen LogP contribution < -0.4 is 5.32 Å². The minimum absolute atomic E-state index is 0.172. The van der Waals surface area contributed by atoms with Crippen LogP contribution in [0.2, 0.25) is 0 Å². The van der Waals surface area contributed by atoms with Gasteiger partial charge in [0.25, 0.3) is 0 Å². The van der Waals surface area contributed by atoms with Gasteiger partial charge in [0.05, 0.1) is 25.5 Å². The highest BCUT2D eigenvalue weighted by atomic mass is 16.5. The minimum atomic E-state index is 0.172. The molecule has 168 valence electrons. The van der Waals surface area contributed by atoms with Crippen LogP contribution in [0, 0.1) is 0 Å². The maximum atomic E-state index is 11.7. The minimum Gasteiger partial charge on any atom is -0.377 e. The predicted molar refractivity (Wildman–Crippen MR) is 126 cm³/mol. The van der Waals surface area contributed by atoms with Gasteiger partial charge in [0.1, 0.15) is 11.6 Å². The third-order valence-electron chi connectivity index (χ3n) is 6.79. The largest absolute Gasteiger partial charge is 0.377 e. The average molecular weight is 433 g/mol. The Kier molecular flexibility index (Phi) is 6.32. The molecular weight excluding hydrogens is 400 g/mol. The summed E-state index contributed by atoms with van der Waals surface area (Å²) in [6.07, 6.45) is 9.58. The number of anilines is 2. The van der Waals surface area contributed by atoms with Gasteiger partial charge in [-0.3, -0.25) is 9.69 Å². The van der Waals surface area contributed by atoms with Crippen molar-refractivity contribution in [2.45, 2.75) is 64.5 Å². The lowest BCUT2D eigenvalue weighted by Gasteiger charge is -2.22. The summed E-state index contributed by atoms with van der Waals surface area (Å²) in [6, 6.07) is 8.88. The van der Waals surface area contributed by atoms with Gasteiger partial charge in [-0.25, -0.2) is 9.97 Å². The number of rotatable bonds is 6. The number of hydrogen-bond donors (Lipinski definition) is 1. The van der Waals surface area contributed by atoms with Gasteiger partial charge in [0, 0.05) is 24.3 Å². The van der Waals surface area contributed by atoms with E-state index in [4.69, 9.17) is 14.7 Å². The van der Waals surface area contributed by atoms with Crippen molar-refractivity contribution in [1.29, 1.82) is 0 Å². The fourth-order valence-corrected chi connectivity index (χ4v) is 5.13. The van der Waals surface area contributed by atoms with E-state index in [0.29, 0.717) is 38.8 Å². The summed E-state index contributed by atoms with van der Waals surface area (Å²) < 4.78 is 5.47. The van der Waals surface area contributed by atoms with Crippen molar-refractivity contribution in [2.24, 2.45) is 0 Å². The molecule has 0 radical (unpaired) electrons. The molecule has 6 heteroatoms. The van der Waals surface area contributed by atoms with Crippen LogP contribution >= 0.6 is 0 Å². The molecule has 1 N–H and O–H groups in total. The third-order valence-corrected chi connectivity index (χ3v) is 6.79. The van der Waals surface area contributed by atoms with Crippen molar-refractivity contribution in [3.63, 3.8) is 0 Å². The zero-order valence-corrected chi connectivity index (χ0v) is 18.9. The Hall–Kier alpha value is -2.57. The number of nitrogens with zero attached hydrogens (tertiary/aromatic N) is 3. The van der Waals surface area contributed by atoms with Crippen LogP contribution in [-0.4, -0.2) is 40.4 Å². The van der Waals surface area contributed by atoms with Crippen molar-refractivity contribution >= 4 is 22.9 Å².